The number of aliphatic hydroxyl groups excluding tert-OH is 1. The van der Waals surface area contributed by atoms with E-state index in [1.807, 2.05) is 37.2 Å². The summed E-state index contributed by atoms with van der Waals surface area (Å²) in [4.78, 5) is 8.30. The van der Waals surface area contributed by atoms with Crippen molar-refractivity contribution >= 4 is 32.9 Å². The van der Waals surface area contributed by atoms with Crippen LogP contribution in [0.15, 0.2) is 66.9 Å². The van der Waals surface area contributed by atoms with E-state index < -0.39 is 6.10 Å². The van der Waals surface area contributed by atoms with Gasteiger partial charge in [-0.25, -0.2) is 4.85 Å². The predicted molar refractivity (Wildman–Crippen MR) is 147 cm³/mol. The van der Waals surface area contributed by atoms with E-state index in [2.05, 4.69) is 63.0 Å². The van der Waals surface area contributed by atoms with Crippen molar-refractivity contribution < 1.29 is 5.11 Å². The second-order valence-electron chi connectivity index (χ2n) is 10.5. The van der Waals surface area contributed by atoms with Crippen LogP contribution in [0.4, 0.5) is 5.69 Å². The van der Waals surface area contributed by atoms with Crippen LogP contribution in [0.1, 0.15) is 29.2 Å². The Bertz CT molecular complexity index is 1520. The van der Waals surface area contributed by atoms with Crippen LogP contribution in [-0.2, 0) is 13.0 Å². The number of hydrogen-bond acceptors (Lipinski definition) is 3. The van der Waals surface area contributed by atoms with Gasteiger partial charge < -0.3 is 14.6 Å². The summed E-state index contributed by atoms with van der Waals surface area (Å²) < 4.78 is 2.16. The lowest BCUT2D eigenvalue weighted by Gasteiger charge is -2.32. The largest absolute Gasteiger partial charge is 0.390 e. The summed E-state index contributed by atoms with van der Waals surface area (Å²) >= 11 is 0. The maximum Gasteiger partial charge on any atom is 0.188 e. The summed E-state index contributed by atoms with van der Waals surface area (Å²) in [5, 5.41) is 14.5. The SMILES string of the molecule is [C-]#[N+]c1ccc2c(c1)c(C1=CCN(C3Cc4cccc5cccc3c45)CC1)cn2C[C@H](O)CN(C)C. The van der Waals surface area contributed by atoms with Crippen LogP contribution in [0.3, 0.4) is 0 Å². The van der Waals surface area contributed by atoms with Crippen LogP contribution in [-0.4, -0.2) is 59.3 Å². The number of aromatic nitrogens is 1. The average Bonchev–Trinajstić information content (AvgIpc) is 3.43. The molecule has 3 aromatic carbocycles. The molecule has 0 spiro atoms. The molecule has 1 aliphatic heterocycles. The smallest absolute Gasteiger partial charge is 0.188 e. The molecule has 0 bridgehead atoms. The van der Waals surface area contributed by atoms with Gasteiger partial charge in [0.1, 0.15) is 0 Å². The minimum Gasteiger partial charge on any atom is -0.390 e. The molecule has 1 aromatic heterocycles. The van der Waals surface area contributed by atoms with Crippen LogP contribution < -0.4 is 0 Å². The molecule has 0 saturated carbocycles. The number of rotatable bonds is 6. The quantitative estimate of drug-likeness (QED) is 0.365. The van der Waals surface area contributed by atoms with Gasteiger partial charge in [0, 0.05) is 49.5 Å². The first kappa shape index (κ1) is 23.0. The number of fused-ring (bicyclic) bond motifs is 1. The Kier molecular flexibility index (Phi) is 5.89. The predicted octanol–water partition coefficient (Wildman–Crippen LogP) is 5.65. The highest BCUT2D eigenvalue weighted by molar-refractivity contribution is 5.95. The van der Waals surface area contributed by atoms with Gasteiger partial charge >= 0.3 is 0 Å². The van der Waals surface area contributed by atoms with Crippen molar-refractivity contribution in [1.29, 1.82) is 0 Å². The van der Waals surface area contributed by atoms with Gasteiger partial charge in [0.05, 0.1) is 12.7 Å². The fraction of sp³-hybridized carbons (Fsp3) is 0.323. The van der Waals surface area contributed by atoms with E-state index in [4.69, 9.17) is 6.57 Å². The van der Waals surface area contributed by atoms with E-state index in [1.54, 1.807) is 0 Å². The summed E-state index contributed by atoms with van der Waals surface area (Å²) in [6, 6.07) is 19.8. The maximum absolute atomic E-state index is 10.6. The van der Waals surface area contributed by atoms with Gasteiger partial charge in [0.25, 0.3) is 0 Å². The van der Waals surface area contributed by atoms with E-state index in [1.165, 1.54) is 33.0 Å². The van der Waals surface area contributed by atoms with Gasteiger partial charge in [-0.2, -0.15) is 0 Å². The zero-order chi connectivity index (χ0) is 24.8. The molecule has 4 aromatic rings. The molecule has 2 aliphatic rings. The zero-order valence-corrected chi connectivity index (χ0v) is 21.0. The van der Waals surface area contributed by atoms with E-state index in [-0.39, 0.29) is 0 Å². The molecule has 1 aliphatic carbocycles. The van der Waals surface area contributed by atoms with Crippen molar-refractivity contribution in [2.45, 2.75) is 31.5 Å². The summed E-state index contributed by atoms with van der Waals surface area (Å²) in [5.41, 5.74) is 7.21. The number of likely N-dealkylation sites (N-methyl/N-ethyl adjacent to an activating group) is 1. The number of hydrogen-bond donors (Lipinski definition) is 1. The molecule has 2 atom stereocenters. The van der Waals surface area contributed by atoms with Crippen LogP contribution in [0.5, 0.6) is 0 Å². The monoisotopic (exact) mass is 476 g/mol. The summed E-state index contributed by atoms with van der Waals surface area (Å²) in [7, 11) is 3.96. The van der Waals surface area contributed by atoms with Crippen molar-refractivity contribution in [1.82, 2.24) is 14.4 Å². The number of aliphatic hydroxyl groups is 1. The molecular weight excluding hydrogens is 444 g/mol. The molecule has 5 nitrogen and oxygen atoms in total. The van der Waals surface area contributed by atoms with Crippen molar-refractivity contribution in [3.8, 4) is 0 Å². The highest BCUT2D eigenvalue weighted by Crippen LogP contribution is 2.42. The van der Waals surface area contributed by atoms with Gasteiger partial charge in [0.2, 0.25) is 0 Å². The van der Waals surface area contributed by atoms with Gasteiger partial charge in [-0.1, -0.05) is 48.5 Å². The molecule has 6 rings (SSSR count). The fourth-order valence-electron chi connectivity index (χ4n) is 6.22. The van der Waals surface area contributed by atoms with Gasteiger partial charge in [0.15, 0.2) is 5.69 Å². The zero-order valence-electron chi connectivity index (χ0n) is 21.0. The number of nitrogens with zero attached hydrogens (tertiary/aromatic N) is 4. The Morgan fingerprint density at radius 2 is 1.97 bits per heavy atom. The Morgan fingerprint density at radius 3 is 2.72 bits per heavy atom. The third-order valence-corrected chi connectivity index (χ3v) is 7.80. The second kappa shape index (κ2) is 9.22. The van der Waals surface area contributed by atoms with E-state index in [9.17, 15) is 5.11 Å². The molecule has 0 radical (unpaired) electrons. The lowest BCUT2D eigenvalue weighted by atomic mass is 9.96. The van der Waals surface area contributed by atoms with Crippen molar-refractivity contribution in [2.24, 2.45) is 0 Å². The minimum atomic E-state index is -0.452. The van der Waals surface area contributed by atoms with Crippen LogP contribution in [0.25, 0.3) is 32.1 Å². The highest BCUT2D eigenvalue weighted by Gasteiger charge is 2.30. The minimum absolute atomic E-state index is 0.431. The molecular formula is C31H32N4O. The second-order valence-corrected chi connectivity index (χ2v) is 10.5. The van der Waals surface area contributed by atoms with Crippen LogP contribution in [0, 0.1) is 6.57 Å². The average molecular weight is 477 g/mol. The molecule has 1 unspecified atom stereocenters. The fourth-order valence-corrected chi connectivity index (χ4v) is 6.22. The Morgan fingerprint density at radius 1 is 1.14 bits per heavy atom. The van der Waals surface area contributed by atoms with E-state index in [0.29, 0.717) is 24.8 Å². The lowest BCUT2D eigenvalue weighted by molar-refractivity contribution is 0.121. The van der Waals surface area contributed by atoms with E-state index in [0.717, 1.165) is 36.8 Å². The van der Waals surface area contributed by atoms with Crippen molar-refractivity contribution in [3.63, 3.8) is 0 Å². The molecule has 0 amide bonds. The highest BCUT2D eigenvalue weighted by atomic mass is 16.3. The molecule has 0 fully saturated rings. The first-order chi connectivity index (χ1) is 17.5. The van der Waals surface area contributed by atoms with Gasteiger partial charge in [-0.3, -0.25) is 4.90 Å². The molecule has 0 saturated heterocycles. The van der Waals surface area contributed by atoms with Crippen LogP contribution >= 0.6 is 0 Å². The topological polar surface area (TPSA) is 36.0 Å². The standard InChI is InChI=1S/C31H32N4O/c1-32-24-10-11-29-27(17-24)28(20-35(29)19-25(36)18-33(2)3)21-12-14-34(15-13-21)30-16-23-8-4-6-22-7-5-9-26(30)31(22)23/h4-12,17,20,25,30,36H,13-16,18-19H2,2-3H3/t25-,30?/m1/s1. The van der Waals surface area contributed by atoms with Crippen molar-refractivity contribution in [3.05, 3.63) is 95.0 Å². The van der Waals surface area contributed by atoms with Crippen LogP contribution in [0.2, 0.25) is 0 Å². The Hall–Kier alpha value is -3.43. The third kappa shape index (κ3) is 4.02. The first-order valence-electron chi connectivity index (χ1n) is 12.8. The molecule has 182 valence electrons. The summed E-state index contributed by atoms with van der Waals surface area (Å²) in [6.45, 7) is 10.6. The number of benzene rings is 3. The van der Waals surface area contributed by atoms with E-state index >= 15 is 0 Å². The van der Waals surface area contributed by atoms with Crippen molar-refractivity contribution in [2.75, 3.05) is 33.7 Å². The first-order valence-corrected chi connectivity index (χ1v) is 12.8. The normalized spacial score (nSPS) is 18.6. The maximum atomic E-state index is 10.6. The molecule has 2 heterocycles. The summed E-state index contributed by atoms with van der Waals surface area (Å²) in [6.07, 6.45) is 6.17. The molecule has 36 heavy (non-hydrogen) atoms. The van der Waals surface area contributed by atoms with Gasteiger partial charge in [-0.15, -0.1) is 0 Å². The Labute approximate surface area is 212 Å². The third-order valence-electron chi connectivity index (χ3n) is 7.80. The molecule has 1 N–H and O–H groups in total. The Balaban J connectivity index is 1.30. The lowest BCUT2D eigenvalue weighted by Crippen LogP contribution is -2.32. The van der Waals surface area contributed by atoms with Gasteiger partial charge in [-0.05, 0) is 71.9 Å². The molecule has 5 heteroatoms. The summed E-state index contributed by atoms with van der Waals surface area (Å²) in [5.74, 6) is 0.